The van der Waals surface area contributed by atoms with E-state index in [1.807, 2.05) is 13.8 Å². The summed E-state index contributed by atoms with van der Waals surface area (Å²) in [4.78, 5) is 43.3. The summed E-state index contributed by atoms with van der Waals surface area (Å²) in [6.07, 6.45) is 4.34. The smallest absolute Gasteiger partial charge is 0.262 e. The minimum Gasteiger partial charge on any atom is -0.351 e. The lowest BCUT2D eigenvalue weighted by molar-refractivity contribution is -0.121. The second-order valence-corrected chi connectivity index (χ2v) is 8.67. The molecule has 0 spiro atoms. The van der Waals surface area contributed by atoms with E-state index in [1.54, 1.807) is 24.3 Å². The summed E-state index contributed by atoms with van der Waals surface area (Å²) in [5.41, 5.74) is 1.03. The number of amidine groups is 1. The summed E-state index contributed by atoms with van der Waals surface area (Å²) in [7, 11) is 0. The molecule has 2 N–H and O–H groups in total. The first-order chi connectivity index (χ1) is 14.0. The van der Waals surface area contributed by atoms with Crippen LogP contribution in [-0.4, -0.2) is 52.2 Å². The van der Waals surface area contributed by atoms with Gasteiger partial charge >= 0.3 is 0 Å². The Balaban J connectivity index is 1.54. The van der Waals surface area contributed by atoms with Gasteiger partial charge in [-0.2, -0.15) is 4.99 Å². The molecule has 1 saturated heterocycles. The molecule has 2 aliphatic heterocycles. The van der Waals surface area contributed by atoms with E-state index >= 15 is 0 Å². The number of carbonyl (C=O) groups is 3. The van der Waals surface area contributed by atoms with Crippen molar-refractivity contribution in [2.24, 2.45) is 4.99 Å². The number of hydrogen-bond acceptors (Lipinski definition) is 5. The Hall–Kier alpha value is -2.35. The van der Waals surface area contributed by atoms with Crippen molar-refractivity contribution in [1.29, 1.82) is 0 Å². The molecule has 1 aromatic carbocycles. The monoisotopic (exact) mass is 416 g/mol. The molecular weight excluding hydrogens is 388 g/mol. The molecule has 0 radical (unpaired) electrons. The first-order valence-electron chi connectivity index (χ1n) is 10.2. The number of amides is 3. The number of carbonyl (C=O) groups excluding carboxylic acids is 3. The summed E-state index contributed by atoms with van der Waals surface area (Å²) in [5.74, 6) is -0.672. The van der Waals surface area contributed by atoms with Gasteiger partial charge in [-0.25, -0.2) is 0 Å². The highest BCUT2D eigenvalue weighted by Gasteiger charge is 2.33. The van der Waals surface area contributed by atoms with Crippen LogP contribution >= 0.6 is 11.8 Å². The predicted octanol–water partition coefficient (Wildman–Crippen LogP) is 3.03. The third-order valence-electron chi connectivity index (χ3n) is 5.12. The number of piperidine rings is 1. The van der Waals surface area contributed by atoms with E-state index < -0.39 is 5.25 Å². The Morgan fingerprint density at radius 1 is 1.28 bits per heavy atom. The van der Waals surface area contributed by atoms with E-state index in [1.165, 1.54) is 18.2 Å². The van der Waals surface area contributed by atoms with Crippen molar-refractivity contribution in [3.8, 4) is 0 Å². The summed E-state index contributed by atoms with van der Waals surface area (Å²) in [5, 5.41) is 5.97. The van der Waals surface area contributed by atoms with E-state index in [2.05, 4.69) is 20.5 Å². The largest absolute Gasteiger partial charge is 0.351 e. The maximum absolute atomic E-state index is 12.5. The van der Waals surface area contributed by atoms with Gasteiger partial charge < -0.3 is 15.5 Å². The molecule has 2 unspecified atom stereocenters. The molecule has 8 heteroatoms. The molecule has 7 nitrogen and oxygen atoms in total. The Morgan fingerprint density at radius 3 is 2.76 bits per heavy atom. The van der Waals surface area contributed by atoms with Crippen molar-refractivity contribution in [2.75, 3.05) is 18.4 Å². The van der Waals surface area contributed by atoms with Crippen LogP contribution in [0.4, 0.5) is 5.69 Å². The zero-order valence-electron chi connectivity index (χ0n) is 16.9. The highest BCUT2D eigenvalue weighted by Crippen LogP contribution is 2.29. The third kappa shape index (κ3) is 5.82. The molecule has 2 aliphatic rings. The highest BCUT2D eigenvalue weighted by atomic mass is 32.2. The van der Waals surface area contributed by atoms with Crippen molar-refractivity contribution in [2.45, 2.75) is 57.2 Å². The lowest BCUT2D eigenvalue weighted by atomic mass is 10.1. The third-order valence-corrected chi connectivity index (χ3v) is 6.34. The highest BCUT2D eigenvalue weighted by molar-refractivity contribution is 8.15. The maximum atomic E-state index is 12.5. The zero-order valence-corrected chi connectivity index (χ0v) is 17.8. The summed E-state index contributed by atoms with van der Waals surface area (Å²) in [6.45, 7) is 5.79. The van der Waals surface area contributed by atoms with Gasteiger partial charge in [-0.05, 0) is 50.8 Å². The average Bonchev–Trinajstić information content (AvgIpc) is 3.08. The van der Waals surface area contributed by atoms with Crippen molar-refractivity contribution >= 4 is 40.3 Å². The van der Waals surface area contributed by atoms with Gasteiger partial charge in [0, 0.05) is 36.8 Å². The molecule has 29 heavy (non-hydrogen) atoms. The molecule has 0 saturated carbocycles. The predicted molar refractivity (Wildman–Crippen MR) is 116 cm³/mol. The molecular formula is C21H28N4O3S. The van der Waals surface area contributed by atoms with Gasteiger partial charge in [-0.3, -0.25) is 14.4 Å². The molecule has 1 fully saturated rings. The summed E-state index contributed by atoms with van der Waals surface area (Å²) < 4.78 is 0. The van der Waals surface area contributed by atoms with Crippen LogP contribution in [0.3, 0.4) is 0 Å². The van der Waals surface area contributed by atoms with Gasteiger partial charge in [0.1, 0.15) is 5.25 Å². The van der Waals surface area contributed by atoms with E-state index in [-0.39, 0.29) is 30.2 Å². The lowest BCUT2D eigenvalue weighted by Gasteiger charge is -2.27. The molecule has 3 rings (SSSR count). The van der Waals surface area contributed by atoms with Crippen molar-refractivity contribution in [1.82, 2.24) is 10.2 Å². The Bertz CT molecular complexity index is 805. The number of likely N-dealkylation sites (tertiary alicyclic amines) is 1. The quantitative estimate of drug-likeness (QED) is 0.744. The second kappa shape index (κ2) is 9.91. The number of hydrogen-bond donors (Lipinski definition) is 2. The minimum absolute atomic E-state index is 0.0631. The maximum Gasteiger partial charge on any atom is 0.262 e. The van der Waals surface area contributed by atoms with Crippen LogP contribution in [-0.2, 0) is 9.59 Å². The van der Waals surface area contributed by atoms with Crippen LogP contribution in [0.15, 0.2) is 29.3 Å². The molecule has 1 aromatic rings. The van der Waals surface area contributed by atoms with Crippen molar-refractivity contribution in [3.05, 3.63) is 29.8 Å². The molecule has 0 bridgehead atoms. The van der Waals surface area contributed by atoms with Crippen molar-refractivity contribution < 1.29 is 14.4 Å². The van der Waals surface area contributed by atoms with Crippen LogP contribution in [0.1, 0.15) is 56.3 Å². The summed E-state index contributed by atoms with van der Waals surface area (Å²) >= 11 is 1.38. The molecule has 2 heterocycles. The first kappa shape index (κ1) is 21.4. The molecule has 3 amide bonds. The van der Waals surface area contributed by atoms with Gasteiger partial charge in [0.05, 0.1) is 0 Å². The number of nitrogens with zero attached hydrogens (tertiary/aromatic N) is 2. The van der Waals surface area contributed by atoms with E-state index in [9.17, 15) is 14.4 Å². The number of benzene rings is 1. The molecule has 2 atom stereocenters. The second-order valence-electron chi connectivity index (χ2n) is 7.50. The van der Waals surface area contributed by atoms with Crippen LogP contribution in [0.2, 0.25) is 0 Å². The first-order valence-corrected chi connectivity index (χ1v) is 11.1. The van der Waals surface area contributed by atoms with Gasteiger partial charge in [0.2, 0.25) is 5.91 Å². The van der Waals surface area contributed by atoms with Gasteiger partial charge in [-0.15, -0.1) is 0 Å². The average molecular weight is 417 g/mol. The van der Waals surface area contributed by atoms with E-state index in [0.717, 1.165) is 37.5 Å². The van der Waals surface area contributed by atoms with Gasteiger partial charge in [0.25, 0.3) is 11.8 Å². The van der Waals surface area contributed by atoms with Crippen LogP contribution < -0.4 is 10.6 Å². The normalized spacial score (nSPS) is 20.2. The van der Waals surface area contributed by atoms with Gasteiger partial charge in [0.15, 0.2) is 5.17 Å². The Labute approximate surface area is 175 Å². The van der Waals surface area contributed by atoms with Gasteiger partial charge in [-0.1, -0.05) is 24.8 Å². The molecule has 156 valence electrons. The fraction of sp³-hybridized carbons (Fsp3) is 0.524. The fourth-order valence-electron chi connectivity index (χ4n) is 3.26. The molecule has 0 aliphatic carbocycles. The van der Waals surface area contributed by atoms with E-state index in [0.29, 0.717) is 11.3 Å². The number of anilines is 1. The Morgan fingerprint density at radius 2 is 2.03 bits per heavy atom. The number of nitrogens with one attached hydrogen (secondary N) is 2. The zero-order chi connectivity index (χ0) is 20.8. The number of thioether (sulfide) groups is 1. The van der Waals surface area contributed by atoms with E-state index in [4.69, 9.17) is 0 Å². The van der Waals surface area contributed by atoms with Crippen molar-refractivity contribution in [3.63, 3.8) is 0 Å². The molecule has 0 aromatic heterocycles. The topological polar surface area (TPSA) is 90.9 Å². The number of rotatable bonds is 6. The van der Waals surface area contributed by atoms with Crippen LogP contribution in [0.25, 0.3) is 0 Å². The number of aliphatic imine (C=N–C) groups is 1. The SMILES string of the molecule is CCC(C)NC(=O)c1cccc(NC(=O)CC2SC(N3CCCCC3)=NC2=O)c1. The fourth-order valence-corrected chi connectivity index (χ4v) is 4.37. The Kier molecular flexibility index (Phi) is 7.30. The standard InChI is InChI=1S/C21H28N4O3S/c1-3-14(2)22-19(27)15-8-7-9-16(12-15)23-18(26)13-17-20(28)24-21(29-17)25-10-5-4-6-11-25/h7-9,12,14,17H,3-6,10-11,13H2,1-2H3,(H,22,27)(H,23,26). The van der Waals surface area contributed by atoms with Crippen LogP contribution in [0, 0.1) is 0 Å². The van der Waals surface area contributed by atoms with Crippen LogP contribution in [0.5, 0.6) is 0 Å². The minimum atomic E-state index is -0.483. The lowest BCUT2D eigenvalue weighted by Crippen LogP contribution is -2.33. The summed E-state index contributed by atoms with van der Waals surface area (Å²) in [6, 6.07) is 6.91.